The standard InChI is InChI=1S/C25H26N2O3/c1-26(13-12-19-10-11-24-25(16-19)30-18-29-24)14-15-27-21-7-3-2-6-20(21)17-28-23-9-5-4-8-22(23)27/h2-11,16H,12-15,17-18H2,1H3. The second-order valence-corrected chi connectivity index (χ2v) is 7.78. The minimum absolute atomic E-state index is 0.321. The van der Waals surface area contributed by atoms with Crippen molar-refractivity contribution >= 4 is 11.4 Å². The Hall–Kier alpha value is -3.18. The van der Waals surface area contributed by atoms with Gasteiger partial charge in [0.2, 0.25) is 6.79 Å². The molecule has 2 aliphatic heterocycles. The summed E-state index contributed by atoms with van der Waals surface area (Å²) in [4.78, 5) is 4.76. The summed E-state index contributed by atoms with van der Waals surface area (Å²) < 4.78 is 17.0. The van der Waals surface area contributed by atoms with Crippen LogP contribution in [0.25, 0.3) is 0 Å². The Balaban J connectivity index is 1.26. The van der Waals surface area contributed by atoms with Crippen LogP contribution < -0.4 is 19.1 Å². The van der Waals surface area contributed by atoms with Gasteiger partial charge in [-0.3, -0.25) is 0 Å². The second kappa shape index (κ2) is 8.28. The molecule has 3 aromatic carbocycles. The lowest BCUT2D eigenvalue weighted by Gasteiger charge is -2.28. The van der Waals surface area contributed by atoms with Gasteiger partial charge in [0.1, 0.15) is 12.4 Å². The van der Waals surface area contributed by atoms with Crippen LogP contribution >= 0.6 is 0 Å². The fourth-order valence-electron chi connectivity index (χ4n) is 4.02. The van der Waals surface area contributed by atoms with Crippen LogP contribution in [0, 0.1) is 0 Å². The summed E-state index contributed by atoms with van der Waals surface area (Å²) in [5.41, 5.74) is 4.85. The molecule has 0 unspecified atom stereocenters. The van der Waals surface area contributed by atoms with Crippen LogP contribution in [0.1, 0.15) is 11.1 Å². The summed E-state index contributed by atoms with van der Waals surface area (Å²) in [6.45, 7) is 3.75. The van der Waals surface area contributed by atoms with Crippen molar-refractivity contribution in [3.05, 3.63) is 77.9 Å². The number of para-hydroxylation sites is 3. The molecular weight excluding hydrogens is 376 g/mol. The molecule has 0 amide bonds. The van der Waals surface area contributed by atoms with Crippen molar-refractivity contribution < 1.29 is 14.2 Å². The quantitative estimate of drug-likeness (QED) is 0.601. The first-order valence-corrected chi connectivity index (χ1v) is 10.4. The highest BCUT2D eigenvalue weighted by atomic mass is 16.7. The average molecular weight is 402 g/mol. The van der Waals surface area contributed by atoms with Crippen LogP contribution in [0.5, 0.6) is 17.2 Å². The third-order valence-electron chi connectivity index (χ3n) is 5.75. The lowest BCUT2D eigenvalue weighted by molar-refractivity contribution is 0.174. The lowest BCUT2D eigenvalue weighted by atomic mass is 10.1. The van der Waals surface area contributed by atoms with Gasteiger partial charge >= 0.3 is 0 Å². The molecule has 0 aliphatic carbocycles. The number of rotatable bonds is 6. The van der Waals surface area contributed by atoms with Gasteiger partial charge in [0.25, 0.3) is 0 Å². The maximum absolute atomic E-state index is 6.08. The van der Waals surface area contributed by atoms with Crippen LogP contribution in [0.3, 0.4) is 0 Å². The Kier molecular flexibility index (Phi) is 5.20. The predicted octanol–water partition coefficient (Wildman–Crippen LogP) is 4.62. The molecule has 0 aromatic heterocycles. The Morgan fingerprint density at radius 3 is 2.53 bits per heavy atom. The molecule has 0 radical (unpaired) electrons. The Bertz CT molecular complexity index is 989. The summed E-state index contributed by atoms with van der Waals surface area (Å²) in [7, 11) is 2.18. The average Bonchev–Trinajstić information content (AvgIpc) is 3.19. The highest BCUT2D eigenvalue weighted by Gasteiger charge is 2.21. The highest BCUT2D eigenvalue weighted by Crippen LogP contribution is 2.39. The van der Waals surface area contributed by atoms with Crippen LogP contribution in [0.15, 0.2) is 66.7 Å². The Morgan fingerprint density at radius 1 is 0.800 bits per heavy atom. The minimum Gasteiger partial charge on any atom is -0.487 e. The molecule has 5 heteroatoms. The van der Waals surface area contributed by atoms with E-state index in [1.807, 2.05) is 12.1 Å². The van der Waals surface area contributed by atoms with Crippen LogP contribution in [-0.2, 0) is 13.0 Å². The number of fused-ring (bicyclic) bond motifs is 3. The van der Waals surface area contributed by atoms with E-state index < -0.39 is 0 Å². The van der Waals surface area contributed by atoms with Crippen LogP contribution in [0.4, 0.5) is 11.4 Å². The van der Waals surface area contributed by atoms with E-state index >= 15 is 0 Å². The van der Waals surface area contributed by atoms with Gasteiger partial charge in [-0.25, -0.2) is 0 Å². The molecule has 0 spiro atoms. The topological polar surface area (TPSA) is 34.2 Å². The van der Waals surface area contributed by atoms with Crippen LogP contribution in [-0.4, -0.2) is 38.4 Å². The van der Waals surface area contributed by atoms with E-state index in [1.54, 1.807) is 0 Å². The van der Waals surface area contributed by atoms with Gasteiger partial charge in [-0.1, -0.05) is 36.4 Å². The third-order valence-corrected chi connectivity index (χ3v) is 5.75. The zero-order valence-electron chi connectivity index (χ0n) is 17.2. The van der Waals surface area contributed by atoms with Crippen molar-refractivity contribution in [3.8, 4) is 17.2 Å². The molecule has 0 bridgehead atoms. The number of hydrogen-bond acceptors (Lipinski definition) is 5. The number of likely N-dealkylation sites (N-methyl/N-ethyl adjacent to an activating group) is 1. The normalized spacial score (nSPS) is 14.1. The second-order valence-electron chi connectivity index (χ2n) is 7.78. The Morgan fingerprint density at radius 2 is 1.60 bits per heavy atom. The molecule has 0 fully saturated rings. The summed E-state index contributed by atoms with van der Waals surface area (Å²) in [6, 6.07) is 23.0. The fourth-order valence-corrected chi connectivity index (χ4v) is 4.02. The van der Waals surface area contributed by atoms with Crippen molar-refractivity contribution in [1.82, 2.24) is 4.90 Å². The summed E-state index contributed by atoms with van der Waals surface area (Å²) in [5.74, 6) is 2.64. The zero-order valence-corrected chi connectivity index (χ0v) is 17.2. The van der Waals surface area contributed by atoms with Gasteiger partial charge in [-0.15, -0.1) is 0 Å². The smallest absolute Gasteiger partial charge is 0.231 e. The van der Waals surface area contributed by atoms with E-state index in [0.29, 0.717) is 13.4 Å². The van der Waals surface area contributed by atoms with E-state index in [4.69, 9.17) is 14.2 Å². The molecule has 0 saturated carbocycles. The summed E-state index contributed by atoms with van der Waals surface area (Å²) in [5, 5.41) is 0. The zero-order chi connectivity index (χ0) is 20.3. The molecule has 0 atom stereocenters. The highest BCUT2D eigenvalue weighted by molar-refractivity contribution is 5.72. The van der Waals surface area contributed by atoms with Gasteiger partial charge in [0, 0.05) is 30.9 Å². The third kappa shape index (κ3) is 3.81. The van der Waals surface area contributed by atoms with Crippen molar-refractivity contribution in [1.29, 1.82) is 0 Å². The molecule has 0 N–H and O–H groups in total. The molecular formula is C25H26N2O3. The largest absolute Gasteiger partial charge is 0.487 e. The molecule has 3 aromatic rings. The first kappa shape index (κ1) is 18.8. The lowest BCUT2D eigenvalue weighted by Crippen LogP contribution is -2.32. The van der Waals surface area contributed by atoms with E-state index in [2.05, 4.69) is 71.4 Å². The van der Waals surface area contributed by atoms with E-state index in [0.717, 1.165) is 49.0 Å². The van der Waals surface area contributed by atoms with Crippen molar-refractivity contribution in [2.45, 2.75) is 13.0 Å². The first-order valence-electron chi connectivity index (χ1n) is 10.4. The monoisotopic (exact) mass is 402 g/mol. The van der Waals surface area contributed by atoms with Crippen molar-refractivity contribution in [2.24, 2.45) is 0 Å². The number of anilines is 2. The first-order chi connectivity index (χ1) is 14.8. The molecule has 154 valence electrons. The van der Waals surface area contributed by atoms with Crippen LogP contribution in [0.2, 0.25) is 0 Å². The Labute approximate surface area is 177 Å². The van der Waals surface area contributed by atoms with Gasteiger partial charge in [-0.2, -0.15) is 0 Å². The molecule has 30 heavy (non-hydrogen) atoms. The van der Waals surface area contributed by atoms with E-state index in [-0.39, 0.29) is 0 Å². The van der Waals surface area contributed by atoms with E-state index in [1.165, 1.54) is 16.8 Å². The number of benzene rings is 3. The number of hydrogen-bond donors (Lipinski definition) is 0. The molecule has 2 heterocycles. The SMILES string of the molecule is CN(CCc1ccc2c(c1)OCO2)CCN1c2ccccc2COc2ccccc21. The van der Waals surface area contributed by atoms with Gasteiger partial charge in [0.15, 0.2) is 11.5 Å². The van der Waals surface area contributed by atoms with E-state index in [9.17, 15) is 0 Å². The number of nitrogens with zero attached hydrogens (tertiary/aromatic N) is 2. The maximum atomic E-state index is 6.08. The fraction of sp³-hybridized carbons (Fsp3) is 0.280. The predicted molar refractivity (Wildman–Crippen MR) is 118 cm³/mol. The van der Waals surface area contributed by atoms with Crippen molar-refractivity contribution in [3.63, 3.8) is 0 Å². The summed E-state index contributed by atoms with van der Waals surface area (Å²) >= 11 is 0. The molecule has 0 saturated heterocycles. The maximum Gasteiger partial charge on any atom is 0.231 e. The van der Waals surface area contributed by atoms with Crippen molar-refractivity contribution in [2.75, 3.05) is 38.4 Å². The summed E-state index contributed by atoms with van der Waals surface area (Å²) in [6.07, 6.45) is 0.976. The van der Waals surface area contributed by atoms with Gasteiger partial charge < -0.3 is 24.0 Å². The van der Waals surface area contributed by atoms with Gasteiger partial charge in [0.05, 0.1) is 5.69 Å². The molecule has 5 rings (SSSR count). The number of ether oxygens (including phenoxy) is 3. The van der Waals surface area contributed by atoms with Gasteiger partial charge in [-0.05, 0) is 49.4 Å². The minimum atomic E-state index is 0.321. The molecule has 2 aliphatic rings. The molecule has 5 nitrogen and oxygen atoms in total.